The van der Waals surface area contributed by atoms with Crippen LogP contribution in [0.3, 0.4) is 0 Å². The number of phenols is 2. The van der Waals surface area contributed by atoms with Crippen molar-refractivity contribution >= 4 is 12.1 Å². The van der Waals surface area contributed by atoms with Gasteiger partial charge in [-0.15, -0.1) is 0 Å². The van der Waals surface area contributed by atoms with E-state index in [1.807, 2.05) is 25.1 Å². The van der Waals surface area contributed by atoms with E-state index in [-0.39, 0.29) is 17.4 Å². The third kappa shape index (κ3) is 5.85. The van der Waals surface area contributed by atoms with Crippen LogP contribution in [0.15, 0.2) is 65.8 Å². The highest BCUT2D eigenvalue weighted by molar-refractivity contribution is 5.94. The van der Waals surface area contributed by atoms with Gasteiger partial charge in [-0.05, 0) is 71.5 Å². The van der Waals surface area contributed by atoms with Gasteiger partial charge in [0.1, 0.15) is 12.4 Å². The molecular weight excluding hydrogens is 392 g/mol. The lowest BCUT2D eigenvalue weighted by atomic mass is 10.0. The fraction of sp³-hybridized carbons (Fsp3) is 0.200. The van der Waals surface area contributed by atoms with E-state index in [9.17, 15) is 15.0 Å². The van der Waals surface area contributed by atoms with Crippen molar-refractivity contribution in [2.24, 2.45) is 5.10 Å². The first-order valence-electron chi connectivity index (χ1n) is 10.0. The molecule has 0 saturated carbocycles. The van der Waals surface area contributed by atoms with Gasteiger partial charge in [0.15, 0.2) is 11.5 Å². The highest BCUT2D eigenvalue weighted by Gasteiger charge is 2.09. The number of carbonyl (C=O) groups excluding carboxylic acids is 1. The Morgan fingerprint density at radius 2 is 1.77 bits per heavy atom. The average Bonchev–Trinajstić information content (AvgIpc) is 2.75. The number of amides is 1. The molecule has 0 fully saturated rings. The molecule has 160 valence electrons. The molecule has 0 spiro atoms. The van der Waals surface area contributed by atoms with Gasteiger partial charge in [0, 0.05) is 5.56 Å². The molecule has 0 heterocycles. The number of phenolic OH excluding ortho intramolecular Hbond substituents is 2. The van der Waals surface area contributed by atoms with Crippen LogP contribution in [0.2, 0.25) is 0 Å². The monoisotopic (exact) mass is 418 g/mol. The maximum absolute atomic E-state index is 12.3. The summed E-state index contributed by atoms with van der Waals surface area (Å²) >= 11 is 0. The molecule has 1 amide bonds. The summed E-state index contributed by atoms with van der Waals surface area (Å²) < 4.78 is 6.04. The van der Waals surface area contributed by atoms with Crippen LogP contribution in [-0.2, 0) is 6.61 Å². The average molecular weight is 418 g/mol. The number of ether oxygens (including phenoxy) is 1. The number of benzene rings is 3. The Bertz CT molecular complexity index is 1090. The SMILES string of the molecule is Cc1ccc(C(C)C)c(OCc2ccc(C(=O)N/N=C/c3ccc(O)c(O)c3)cc2)c1. The summed E-state index contributed by atoms with van der Waals surface area (Å²) in [6, 6.07) is 17.6. The maximum Gasteiger partial charge on any atom is 0.271 e. The second-order valence-corrected chi connectivity index (χ2v) is 7.63. The Balaban J connectivity index is 1.58. The number of hydrazone groups is 1. The normalized spacial score (nSPS) is 11.1. The predicted octanol–water partition coefficient (Wildman–Crippen LogP) is 4.87. The maximum atomic E-state index is 12.3. The number of aryl methyl sites for hydroxylation is 1. The summed E-state index contributed by atoms with van der Waals surface area (Å²) in [5, 5.41) is 22.7. The lowest BCUT2D eigenvalue weighted by Crippen LogP contribution is -2.17. The first kappa shape index (κ1) is 21.9. The fourth-order valence-corrected chi connectivity index (χ4v) is 3.01. The van der Waals surface area contributed by atoms with E-state index in [4.69, 9.17) is 4.74 Å². The zero-order chi connectivity index (χ0) is 22.4. The molecule has 0 aromatic heterocycles. The van der Waals surface area contributed by atoms with Gasteiger partial charge in [-0.3, -0.25) is 4.79 Å². The van der Waals surface area contributed by atoms with Crippen molar-refractivity contribution in [3.05, 3.63) is 88.5 Å². The van der Waals surface area contributed by atoms with Crippen molar-refractivity contribution in [1.82, 2.24) is 5.43 Å². The van der Waals surface area contributed by atoms with Crippen LogP contribution in [0.5, 0.6) is 17.2 Å². The Morgan fingerprint density at radius 3 is 2.45 bits per heavy atom. The number of aromatic hydroxyl groups is 2. The van der Waals surface area contributed by atoms with Crippen LogP contribution in [0.1, 0.15) is 52.4 Å². The van der Waals surface area contributed by atoms with Crippen molar-refractivity contribution in [1.29, 1.82) is 0 Å². The quantitative estimate of drug-likeness (QED) is 0.290. The van der Waals surface area contributed by atoms with E-state index in [0.717, 1.165) is 16.9 Å². The van der Waals surface area contributed by atoms with Crippen LogP contribution in [0.4, 0.5) is 0 Å². The Labute approximate surface area is 181 Å². The molecule has 0 bridgehead atoms. The van der Waals surface area contributed by atoms with Gasteiger partial charge in [-0.2, -0.15) is 5.10 Å². The highest BCUT2D eigenvalue weighted by atomic mass is 16.5. The minimum atomic E-state index is -0.354. The number of carbonyl (C=O) groups is 1. The lowest BCUT2D eigenvalue weighted by Gasteiger charge is -2.15. The molecule has 0 saturated heterocycles. The van der Waals surface area contributed by atoms with Crippen molar-refractivity contribution in [3.63, 3.8) is 0 Å². The van der Waals surface area contributed by atoms with Crippen molar-refractivity contribution in [2.75, 3.05) is 0 Å². The molecule has 3 N–H and O–H groups in total. The summed E-state index contributed by atoms with van der Waals surface area (Å²) in [4.78, 5) is 12.3. The molecule has 0 aliphatic carbocycles. The molecule has 0 unspecified atom stereocenters. The summed E-state index contributed by atoms with van der Waals surface area (Å²) in [7, 11) is 0. The second kappa shape index (κ2) is 9.80. The fourth-order valence-electron chi connectivity index (χ4n) is 3.01. The topological polar surface area (TPSA) is 91.2 Å². The van der Waals surface area contributed by atoms with Crippen molar-refractivity contribution < 1.29 is 19.7 Å². The van der Waals surface area contributed by atoms with Crippen molar-refractivity contribution in [2.45, 2.75) is 33.3 Å². The molecule has 0 aliphatic heterocycles. The molecule has 0 atom stereocenters. The van der Waals surface area contributed by atoms with Gasteiger partial charge in [0.25, 0.3) is 5.91 Å². The molecule has 31 heavy (non-hydrogen) atoms. The number of hydrogen-bond acceptors (Lipinski definition) is 5. The Hall–Kier alpha value is -3.80. The predicted molar refractivity (Wildman–Crippen MR) is 121 cm³/mol. The van der Waals surface area contributed by atoms with Gasteiger partial charge in [-0.25, -0.2) is 5.43 Å². The molecule has 0 radical (unpaired) electrons. The van der Waals surface area contributed by atoms with E-state index in [2.05, 4.69) is 36.5 Å². The van der Waals surface area contributed by atoms with E-state index >= 15 is 0 Å². The molecule has 0 aliphatic rings. The highest BCUT2D eigenvalue weighted by Crippen LogP contribution is 2.28. The number of hydrogen-bond donors (Lipinski definition) is 3. The van der Waals surface area contributed by atoms with Gasteiger partial charge in [0.05, 0.1) is 6.21 Å². The Kier molecular flexibility index (Phi) is 6.92. The molecule has 3 aromatic carbocycles. The van der Waals surface area contributed by atoms with Crippen LogP contribution < -0.4 is 10.2 Å². The summed E-state index contributed by atoms with van der Waals surface area (Å²) in [6.45, 7) is 6.72. The summed E-state index contributed by atoms with van der Waals surface area (Å²) in [5.41, 5.74) is 6.72. The number of nitrogens with one attached hydrogen (secondary N) is 1. The Morgan fingerprint density at radius 1 is 1.03 bits per heavy atom. The summed E-state index contributed by atoms with van der Waals surface area (Å²) in [5.74, 6) is 0.430. The second-order valence-electron chi connectivity index (χ2n) is 7.63. The van der Waals surface area contributed by atoms with E-state index < -0.39 is 0 Å². The van der Waals surface area contributed by atoms with E-state index in [1.165, 1.54) is 23.9 Å². The van der Waals surface area contributed by atoms with Gasteiger partial charge in [-0.1, -0.05) is 38.1 Å². The molecule has 6 nitrogen and oxygen atoms in total. The third-order valence-corrected chi connectivity index (χ3v) is 4.78. The largest absolute Gasteiger partial charge is 0.504 e. The first-order valence-corrected chi connectivity index (χ1v) is 10.0. The first-order chi connectivity index (χ1) is 14.8. The minimum Gasteiger partial charge on any atom is -0.504 e. The molecule has 3 aromatic rings. The number of nitrogens with zero attached hydrogens (tertiary/aromatic N) is 1. The van der Waals surface area contributed by atoms with Gasteiger partial charge >= 0.3 is 0 Å². The van der Waals surface area contributed by atoms with Gasteiger partial charge in [0.2, 0.25) is 0 Å². The smallest absolute Gasteiger partial charge is 0.271 e. The van der Waals surface area contributed by atoms with Crippen molar-refractivity contribution in [3.8, 4) is 17.2 Å². The zero-order valence-electron chi connectivity index (χ0n) is 17.8. The van der Waals surface area contributed by atoms with E-state index in [0.29, 0.717) is 23.7 Å². The van der Waals surface area contributed by atoms with Crippen LogP contribution >= 0.6 is 0 Å². The van der Waals surface area contributed by atoms with E-state index in [1.54, 1.807) is 18.2 Å². The molecule has 3 rings (SSSR count). The molecular formula is C25H26N2O4. The van der Waals surface area contributed by atoms with Crippen LogP contribution in [0.25, 0.3) is 0 Å². The number of rotatable bonds is 7. The van der Waals surface area contributed by atoms with Crippen LogP contribution in [0, 0.1) is 6.92 Å². The third-order valence-electron chi connectivity index (χ3n) is 4.78. The van der Waals surface area contributed by atoms with Gasteiger partial charge < -0.3 is 14.9 Å². The van der Waals surface area contributed by atoms with Crippen LogP contribution in [-0.4, -0.2) is 22.3 Å². The lowest BCUT2D eigenvalue weighted by molar-refractivity contribution is 0.0955. The summed E-state index contributed by atoms with van der Waals surface area (Å²) in [6.07, 6.45) is 1.38. The minimum absolute atomic E-state index is 0.215. The standard InChI is InChI=1S/C25H26N2O4/c1-16(2)21-10-4-17(3)12-24(21)31-15-18-5-8-20(9-6-18)25(30)27-26-14-19-7-11-22(28)23(29)13-19/h4-14,16,28-29H,15H2,1-3H3,(H,27,30)/b26-14+. The molecule has 6 heteroatoms. The zero-order valence-corrected chi connectivity index (χ0v) is 17.8.